The Balaban J connectivity index is 0.00000225. The molecule has 1 heterocycles. The van der Waals surface area contributed by atoms with Gasteiger partial charge < -0.3 is 10.4 Å². The second-order valence-electron chi connectivity index (χ2n) is 5.40. The van der Waals surface area contributed by atoms with Gasteiger partial charge in [-0.05, 0) is 42.3 Å². The van der Waals surface area contributed by atoms with Crippen LogP contribution in [0.3, 0.4) is 0 Å². The van der Waals surface area contributed by atoms with E-state index in [4.69, 9.17) is 5.11 Å². The Hall–Kier alpha value is -1.66. The molecule has 6 heteroatoms. The molecule has 0 aliphatic heterocycles. The van der Waals surface area contributed by atoms with Crippen LogP contribution < -0.4 is 5.32 Å². The number of anilines is 1. The van der Waals surface area contributed by atoms with Crippen LogP contribution in [0.2, 0.25) is 0 Å². The van der Waals surface area contributed by atoms with Crippen LogP contribution in [0, 0.1) is 0 Å². The van der Waals surface area contributed by atoms with E-state index in [1.807, 2.05) is 54.6 Å². The van der Waals surface area contributed by atoms with Crippen molar-refractivity contribution in [2.45, 2.75) is 12.8 Å². The summed E-state index contributed by atoms with van der Waals surface area (Å²) in [4.78, 5) is 15.1. The van der Waals surface area contributed by atoms with Crippen LogP contribution in [-0.4, -0.2) is 52.2 Å². The summed E-state index contributed by atoms with van der Waals surface area (Å²) < 4.78 is 1.19. The van der Waals surface area contributed by atoms with Gasteiger partial charge in [0.15, 0.2) is 0 Å². The molecule has 2 N–H and O–H groups in total. The maximum absolute atomic E-state index is 10.5. The second kappa shape index (κ2) is 9.73. The van der Waals surface area contributed by atoms with Gasteiger partial charge >= 0.3 is 35.5 Å². The predicted molar refractivity (Wildman–Crippen MR) is 107 cm³/mol. The van der Waals surface area contributed by atoms with Gasteiger partial charge in [0.2, 0.25) is 0 Å². The topological polar surface area (TPSA) is 62.2 Å². The van der Waals surface area contributed by atoms with Crippen LogP contribution in [0.5, 0.6) is 0 Å². The zero-order chi connectivity index (χ0) is 16.8. The fraction of sp³-hybridized carbons (Fsp3) is 0.158. The van der Waals surface area contributed by atoms with E-state index in [1.165, 1.54) is 4.70 Å². The molecule has 3 aromatic rings. The van der Waals surface area contributed by atoms with Crippen LogP contribution in [0.1, 0.15) is 23.4 Å². The summed E-state index contributed by atoms with van der Waals surface area (Å²) in [5.41, 5.74) is 3.10. The molecule has 4 nitrogen and oxygen atoms in total. The summed E-state index contributed by atoms with van der Waals surface area (Å²) >= 11 is 1.67. The first-order valence-electron chi connectivity index (χ1n) is 7.80. The second-order valence-corrected chi connectivity index (χ2v) is 6.46. The quantitative estimate of drug-likeness (QED) is 0.491. The minimum atomic E-state index is -0.760. The Labute approximate surface area is 172 Å². The van der Waals surface area contributed by atoms with Crippen molar-refractivity contribution in [1.82, 2.24) is 4.98 Å². The van der Waals surface area contributed by atoms with E-state index in [0.29, 0.717) is 13.0 Å². The summed E-state index contributed by atoms with van der Waals surface area (Å²) in [6.45, 7) is 0.650. The molecule has 2 aromatic carbocycles. The van der Waals surface area contributed by atoms with Gasteiger partial charge in [-0.3, -0.25) is 4.79 Å². The van der Waals surface area contributed by atoms with Crippen molar-refractivity contribution in [2.24, 2.45) is 0 Å². The van der Waals surface area contributed by atoms with E-state index >= 15 is 0 Å². The molecule has 0 fully saturated rings. The van der Waals surface area contributed by atoms with Crippen LogP contribution in [-0.2, 0) is 4.79 Å². The molecule has 0 atom stereocenters. The summed E-state index contributed by atoms with van der Waals surface area (Å²) in [6.07, 6.45) is 4.86. The van der Waals surface area contributed by atoms with Crippen LogP contribution in [0.4, 0.5) is 5.69 Å². The molecule has 0 radical (unpaired) electrons. The third-order valence-electron chi connectivity index (χ3n) is 3.51. The zero-order valence-electron chi connectivity index (χ0n) is 13.1. The average molecular weight is 362 g/mol. The monoisotopic (exact) mass is 362 g/mol. The molecule has 0 saturated carbocycles. The number of carboxylic acid groups (broad SMARTS) is 1. The van der Waals surface area contributed by atoms with E-state index in [1.54, 1.807) is 11.3 Å². The fourth-order valence-electron chi connectivity index (χ4n) is 2.35. The van der Waals surface area contributed by atoms with E-state index in [-0.39, 0.29) is 36.0 Å². The first-order chi connectivity index (χ1) is 11.7. The first kappa shape index (κ1) is 19.7. The number of benzene rings is 2. The summed E-state index contributed by atoms with van der Waals surface area (Å²) in [7, 11) is 0. The van der Waals surface area contributed by atoms with Gasteiger partial charge in [0.1, 0.15) is 5.01 Å². The van der Waals surface area contributed by atoms with E-state index in [2.05, 4.69) is 16.4 Å². The predicted octanol–water partition coefficient (Wildman–Crippen LogP) is 4.09. The van der Waals surface area contributed by atoms with Crippen LogP contribution in [0.25, 0.3) is 22.4 Å². The number of thiazole rings is 1. The molecule has 0 unspecified atom stereocenters. The van der Waals surface area contributed by atoms with E-state index in [9.17, 15) is 4.79 Å². The molecule has 0 aliphatic carbocycles. The van der Waals surface area contributed by atoms with Gasteiger partial charge in [0.05, 0.1) is 10.2 Å². The molecule has 1 aromatic heterocycles. The molecule has 0 amide bonds. The number of aromatic nitrogens is 1. The zero-order valence-corrected chi connectivity index (χ0v) is 13.9. The van der Waals surface area contributed by atoms with Gasteiger partial charge in [-0.15, -0.1) is 11.3 Å². The normalized spacial score (nSPS) is 10.7. The standard InChI is InChI=1S/C19H18N2O2S.Na.H/c22-19(23)9-4-12-20-15-6-3-5-14(13-15)10-11-18-21-16-7-1-2-8-17(16)24-18;;/h1-3,5-8,10-11,13,20H,4,9,12H2,(H,22,23);;. The van der Waals surface area contributed by atoms with Crippen LogP contribution in [0.15, 0.2) is 48.5 Å². The molecule has 3 rings (SSSR count). The summed E-state index contributed by atoms with van der Waals surface area (Å²) in [6, 6.07) is 16.2. The Kier molecular flexibility index (Phi) is 7.65. The first-order valence-corrected chi connectivity index (χ1v) is 8.62. The molecule has 25 heavy (non-hydrogen) atoms. The van der Waals surface area contributed by atoms with Crippen molar-refractivity contribution in [3.63, 3.8) is 0 Å². The van der Waals surface area contributed by atoms with E-state index < -0.39 is 5.97 Å². The molecule has 124 valence electrons. The van der Waals surface area contributed by atoms with Gasteiger partial charge in [0.25, 0.3) is 0 Å². The SMILES string of the molecule is O=C(O)CCCNc1cccc(C=Cc2nc3ccccc3s2)c1.[NaH]. The van der Waals surface area contributed by atoms with E-state index in [0.717, 1.165) is 21.8 Å². The number of carboxylic acids is 1. The van der Waals surface area contributed by atoms with Crippen molar-refractivity contribution in [3.8, 4) is 0 Å². The number of fused-ring (bicyclic) bond motifs is 1. The van der Waals surface area contributed by atoms with Crippen molar-refractivity contribution < 1.29 is 9.90 Å². The molecular formula is C19H19N2NaO2S. The molecular weight excluding hydrogens is 343 g/mol. The number of aliphatic carboxylic acids is 1. The number of hydrogen-bond acceptors (Lipinski definition) is 4. The van der Waals surface area contributed by atoms with Crippen molar-refractivity contribution in [2.75, 3.05) is 11.9 Å². The van der Waals surface area contributed by atoms with Gasteiger partial charge in [-0.25, -0.2) is 4.98 Å². The van der Waals surface area contributed by atoms with Gasteiger partial charge in [-0.2, -0.15) is 0 Å². The molecule has 0 bridgehead atoms. The third kappa shape index (κ3) is 5.97. The number of nitrogens with zero attached hydrogens (tertiary/aromatic N) is 1. The Morgan fingerprint density at radius 1 is 1.16 bits per heavy atom. The fourth-order valence-corrected chi connectivity index (χ4v) is 3.22. The van der Waals surface area contributed by atoms with Crippen LogP contribution >= 0.6 is 11.3 Å². The number of hydrogen-bond donors (Lipinski definition) is 2. The Morgan fingerprint density at radius 3 is 2.80 bits per heavy atom. The van der Waals surface area contributed by atoms with Gasteiger partial charge in [-0.1, -0.05) is 30.3 Å². The minimum absolute atomic E-state index is 0. The average Bonchev–Trinajstić information content (AvgIpc) is 3.00. The number of para-hydroxylation sites is 1. The summed E-state index contributed by atoms with van der Waals surface area (Å²) in [5.74, 6) is -0.760. The molecule has 0 spiro atoms. The maximum atomic E-state index is 10.5. The number of carbonyl (C=O) groups is 1. The van der Waals surface area contributed by atoms with Crippen molar-refractivity contribution >= 4 is 74.9 Å². The number of nitrogens with one attached hydrogen (secondary N) is 1. The van der Waals surface area contributed by atoms with Crippen molar-refractivity contribution in [1.29, 1.82) is 0 Å². The number of rotatable bonds is 7. The van der Waals surface area contributed by atoms with Crippen molar-refractivity contribution in [3.05, 3.63) is 59.1 Å². The Morgan fingerprint density at radius 2 is 2.00 bits per heavy atom. The summed E-state index contributed by atoms with van der Waals surface area (Å²) in [5, 5.41) is 12.9. The Bertz CT molecular complexity index is 843. The molecule has 0 aliphatic rings. The third-order valence-corrected chi connectivity index (χ3v) is 4.51. The van der Waals surface area contributed by atoms with Gasteiger partial charge in [0, 0.05) is 18.7 Å². The molecule has 0 saturated heterocycles.